The molecule has 2 N–H and O–H groups in total. The van der Waals surface area contributed by atoms with Crippen molar-refractivity contribution >= 4 is 10.3 Å². The van der Waals surface area contributed by atoms with Crippen LogP contribution in [0.1, 0.15) is 23.6 Å². The lowest BCUT2D eigenvalue weighted by atomic mass is 9.93. The minimum atomic E-state index is -4.49. The summed E-state index contributed by atoms with van der Waals surface area (Å²) in [5.41, 5.74) is 3.15. The predicted molar refractivity (Wildman–Crippen MR) is 110 cm³/mol. The van der Waals surface area contributed by atoms with Crippen LogP contribution in [0.25, 0.3) is 0 Å². The van der Waals surface area contributed by atoms with Gasteiger partial charge in [0.25, 0.3) is 0 Å². The third-order valence-electron chi connectivity index (χ3n) is 5.05. The van der Waals surface area contributed by atoms with Crippen LogP contribution in [0.2, 0.25) is 0 Å². The van der Waals surface area contributed by atoms with Crippen LogP contribution in [0.4, 0.5) is 0 Å². The van der Waals surface area contributed by atoms with E-state index in [-0.39, 0.29) is 11.8 Å². The van der Waals surface area contributed by atoms with Crippen molar-refractivity contribution in [3.63, 3.8) is 0 Å². The molecule has 0 saturated carbocycles. The van der Waals surface area contributed by atoms with Gasteiger partial charge >= 0.3 is 10.3 Å². The molecule has 0 bridgehead atoms. The first kappa shape index (κ1) is 22.2. The number of fused-ring (bicyclic) bond motifs is 1. The highest BCUT2D eigenvalue weighted by molar-refractivity contribution is 7.83. The molecule has 10 heteroatoms. The van der Waals surface area contributed by atoms with E-state index in [1.165, 1.54) is 7.11 Å². The standard InChI is InChI=1S/C20H26N2O7S/c1-13-5-15-8-20(29-21-30(23,24)25)19(28-4)9-16(15)12-22(13)11-14-6-17(26-2)10-18(7-14)27-3/h6-10,13,21H,5,11-12H2,1-4H3,(H,23,24,25). The van der Waals surface area contributed by atoms with Gasteiger partial charge in [0.05, 0.1) is 21.3 Å². The molecule has 1 aliphatic heterocycles. The van der Waals surface area contributed by atoms with Crippen molar-refractivity contribution in [2.24, 2.45) is 0 Å². The Morgan fingerprint density at radius 1 is 1.00 bits per heavy atom. The highest BCUT2D eigenvalue weighted by Crippen LogP contribution is 2.35. The zero-order chi connectivity index (χ0) is 21.9. The van der Waals surface area contributed by atoms with Gasteiger partial charge in [-0.15, -0.1) is 0 Å². The molecule has 0 spiro atoms. The Labute approximate surface area is 176 Å². The third kappa shape index (κ3) is 5.33. The second kappa shape index (κ2) is 9.09. The molecule has 2 aromatic carbocycles. The Morgan fingerprint density at radius 3 is 2.20 bits per heavy atom. The number of hydrogen-bond acceptors (Lipinski definition) is 7. The van der Waals surface area contributed by atoms with Crippen molar-refractivity contribution in [1.29, 1.82) is 0 Å². The second-order valence-electron chi connectivity index (χ2n) is 7.11. The third-order valence-corrected chi connectivity index (χ3v) is 5.35. The largest absolute Gasteiger partial charge is 0.497 e. The summed E-state index contributed by atoms with van der Waals surface area (Å²) in [7, 11) is 0.228. The number of nitrogens with zero attached hydrogens (tertiary/aromatic N) is 1. The van der Waals surface area contributed by atoms with Gasteiger partial charge in [0.2, 0.25) is 0 Å². The first-order valence-corrected chi connectivity index (χ1v) is 10.7. The van der Waals surface area contributed by atoms with Crippen LogP contribution in [0.5, 0.6) is 23.0 Å². The number of rotatable bonds is 8. The summed E-state index contributed by atoms with van der Waals surface area (Å²) in [5, 5.41) is 0. The Balaban J connectivity index is 1.83. The van der Waals surface area contributed by atoms with Gasteiger partial charge in [-0.25, -0.2) is 0 Å². The normalized spacial score (nSPS) is 16.6. The van der Waals surface area contributed by atoms with Crippen LogP contribution in [-0.4, -0.2) is 45.2 Å². The highest BCUT2D eigenvalue weighted by Gasteiger charge is 2.25. The smallest absolute Gasteiger partial charge is 0.364 e. The van der Waals surface area contributed by atoms with E-state index in [1.54, 1.807) is 25.2 Å². The van der Waals surface area contributed by atoms with E-state index in [0.29, 0.717) is 18.8 Å². The topological polar surface area (TPSA) is 107 Å². The SMILES string of the molecule is COc1cc(CN2Cc3cc(OC)c(ONS(=O)(=O)O)cc3CC2C)cc(OC)c1. The van der Waals surface area contributed by atoms with Gasteiger partial charge in [-0.1, -0.05) is 0 Å². The summed E-state index contributed by atoms with van der Waals surface area (Å²) >= 11 is 0. The van der Waals surface area contributed by atoms with Gasteiger partial charge in [-0.3, -0.25) is 9.45 Å². The van der Waals surface area contributed by atoms with E-state index >= 15 is 0 Å². The predicted octanol–water partition coefficient (Wildman–Crippen LogP) is 2.35. The molecule has 30 heavy (non-hydrogen) atoms. The molecule has 0 radical (unpaired) electrons. The number of benzene rings is 2. The average molecular weight is 439 g/mol. The molecule has 2 aromatic rings. The Morgan fingerprint density at radius 2 is 1.63 bits per heavy atom. The van der Waals surface area contributed by atoms with Crippen LogP contribution in [0.15, 0.2) is 30.3 Å². The van der Waals surface area contributed by atoms with Gasteiger partial charge in [0.1, 0.15) is 11.5 Å². The molecule has 3 rings (SSSR count). The highest BCUT2D eigenvalue weighted by atomic mass is 32.2. The number of hydrogen-bond donors (Lipinski definition) is 2. The maximum Gasteiger partial charge on any atom is 0.364 e. The molecule has 0 saturated heterocycles. The Hall–Kier alpha value is -2.53. The summed E-state index contributed by atoms with van der Waals surface area (Å²) < 4.78 is 46.7. The number of methoxy groups -OCH3 is 3. The van der Waals surface area contributed by atoms with Crippen molar-refractivity contribution in [3.8, 4) is 23.0 Å². The van der Waals surface area contributed by atoms with Crippen LogP contribution in [-0.2, 0) is 29.8 Å². The van der Waals surface area contributed by atoms with Crippen molar-refractivity contribution in [2.75, 3.05) is 21.3 Å². The zero-order valence-corrected chi connectivity index (χ0v) is 18.2. The second-order valence-corrected chi connectivity index (χ2v) is 8.23. The summed E-state index contributed by atoms with van der Waals surface area (Å²) in [6.07, 6.45) is 0.739. The van der Waals surface area contributed by atoms with E-state index in [2.05, 4.69) is 11.8 Å². The van der Waals surface area contributed by atoms with Crippen molar-refractivity contribution < 1.29 is 32.0 Å². The molecule has 1 aliphatic rings. The molecule has 1 atom stereocenters. The fourth-order valence-corrected chi connectivity index (χ4v) is 3.74. The fourth-order valence-electron chi connectivity index (χ4n) is 3.54. The Bertz CT molecular complexity index is 988. The van der Waals surface area contributed by atoms with E-state index < -0.39 is 10.3 Å². The van der Waals surface area contributed by atoms with Crippen LogP contribution in [0.3, 0.4) is 0 Å². The first-order valence-electron chi connectivity index (χ1n) is 9.29. The van der Waals surface area contributed by atoms with Gasteiger partial charge in [-0.05, 0) is 59.2 Å². The Kier molecular flexibility index (Phi) is 6.71. The molecular formula is C20H26N2O7S. The molecule has 1 unspecified atom stereocenters. The first-order chi connectivity index (χ1) is 14.2. The summed E-state index contributed by atoms with van der Waals surface area (Å²) in [6.45, 7) is 3.51. The van der Waals surface area contributed by atoms with Crippen molar-refractivity contribution in [1.82, 2.24) is 9.79 Å². The van der Waals surface area contributed by atoms with Crippen molar-refractivity contribution in [3.05, 3.63) is 47.0 Å². The van der Waals surface area contributed by atoms with Gasteiger partial charge < -0.3 is 19.0 Å². The lowest BCUT2D eigenvalue weighted by molar-refractivity contribution is 0.173. The average Bonchev–Trinajstić information content (AvgIpc) is 2.71. The zero-order valence-electron chi connectivity index (χ0n) is 17.3. The lowest BCUT2D eigenvalue weighted by Crippen LogP contribution is -2.38. The molecule has 0 amide bonds. The molecule has 9 nitrogen and oxygen atoms in total. The summed E-state index contributed by atoms with van der Waals surface area (Å²) in [4.78, 5) is 8.95. The number of nitrogens with one attached hydrogen (secondary N) is 1. The van der Waals surface area contributed by atoms with Crippen molar-refractivity contribution in [2.45, 2.75) is 32.5 Å². The maximum absolute atomic E-state index is 10.9. The monoisotopic (exact) mass is 438 g/mol. The molecular weight excluding hydrogens is 412 g/mol. The van der Waals surface area contributed by atoms with E-state index in [0.717, 1.165) is 34.6 Å². The lowest BCUT2D eigenvalue weighted by Gasteiger charge is -2.35. The molecule has 0 fully saturated rings. The van der Waals surface area contributed by atoms with Crippen LogP contribution >= 0.6 is 0 Å². The van der Waals surface area contributed by atoms with Crippen LogP contribution in [0, 0.1) is 0 Å². The minimum Gasteiger partial charge on any atom is -0.497 e. The molecule has 0 aromatic heterocycles. The minimum absolute atomic E-state index is 0.187. The van der Waals surface area contributed by atoms with E-state index in [4.69, 9.17) is 23.6 Å². The molecule has 164 valence electrons. The number of ether oxygens (including phenoxy) is 3. The van der Waals surface area contributed by atoms with Crippen LogP contribution < -0.4 is 23.9 Å². The van der Waals surface area contributed by atoms with E-state index in [1.807, 2.05) is 24.3 Å². The molecule has 1 heterocycles. The maximum atomic E-state index is 10.9. The van der Waals surface area contributed by atoms with Gasteiger partial charge in [-0.2, -0.15) is 8.42 Å². The summed E-state index contributed by atoms with van der Waals surface area (Å²) in [5.74, 6) is 2.03. The van der Waals surface area contributed by atoms with E-state index in [9.17, 15) is 8.42 Å². The molecule has 0 aliphatic carbocycles. The van der Waals surface area contributed by atoms with Gasteiger partial charge in [0.15, 0.2) is 11.5 Å². The quantitative estimate of drug-likeness (QED) is 0.478. The fraction of sp³-hybridized carbons (Fsp3) is 0.400. The van der Waals surface area contributed by atoms with Gasteiger partial charge in [0, 0.05) is 25.2 Å². The summed E-state index contributed by atoms with van der Waals surface area (Å²) in [6, 6.07) is 9.60.